The number of benzene rings is 2. The van der Waals surface area contributed by atoms with E-state index in [0.29, 0.717) is 12.2 Å². The fraction of sp³-hybridized carbons (Fsp3) is 0.133. The average molecular weight is 237 g/mol. The predicted molar refractivity (Wildman–Crippen MR) is 66.5 cm³/mol. The Morgan fingerprint density at radius 2 is 1.72 bits per heavy atom. The molecule has 88 valence electrons. The van der Waals surface area contributed by atoms with E-state index >= 15 is 0 Å². The van der Waals surface area contributed by atoms with E-state index in [0.717, 1.165) is 17.1 Å². The molecule has 0 amide bonds. The summed E-state index contributed by atoms with van der Waals surface area (Å²) >= 11 is 0. The number of ether oxygens (including phenoxy) is 2. The van der Waals surface area contributed by atoms with Crippen LogP contribution in [0.4, 0.5) is 0 Å². The highest BCUT2D eigenvalue weighted by atomic mass is 16.6. The van der Waals surface area contributed by atoms with Crippen molar-refractivity contribution in [2.75, 3.05) is 6.61 Å². The zero-order valence-corrected chi connectivity index (χ0v) is 9.67. The third kappa shape index (κ3) is 1.89. The molecule has 0 bridgehead atoms. The monoisotopic (exact) mass is 237 g/mol. The SMILES string of the molecule is N#Cc1ccc([C@H]2COc3ccccc3O2)cc1. The average Bonchev–Trinajstić information content (AvgIpc) is 2.47. The summed E-state index contributed by atoms with van der Waals surface area (Å²) < 4.78 is 11.5. The van der Waals surface area contributed by atoms with Crippen LogP contribution >= 0.6 is 0 Å². The van der Waals surface area contributed by atoms with Crippen LogP contribution in [0.3, 0.4) is 0 Å². The maximum atomic E-state index is 8.76. The lowest BCUT2D eigenvalue weighted by Gasteiger charge is -2.26. The van der Waals surface area contributed by atoms with E-state index in [4.69, 9.17) is 14.7 Å². The molecule has 3 nitrogen and oxygen atoms in total. The van der Waals surface area contributed by atoms with Gasteiger partial charge in [0.15, 0.2) is 17.6 Å². The first-order valence-corrected chi connectivity index (χ1v) is 5.75. The van der Waals surface area contributed by atoms with Crippen LogP contribution in [0.1, 0.15) is 17.2 Å². The van der Waals surface area contributed by atoms with Crippen LogP contribution in [0.5, 0.6) is 11.5 Å². The highest BCUT2D eigenvalue weighted by molar-refractivity contribution is 5.42. The van der Waals surface area contributed by atoms with E-state index in [1.807, 2.05) is 36.4 Å². The smallest absolute Gasteiger partial charge is 0.162 e. The quantitative estimate of drug-likeness (QED) is 0.765. The lowest BCUT2D eigenvalue weighted by molar-refractivity contribution is 0.0913. The molecule has 0 saturated heterocycles. The number of nitriles is 1. The lowest BCUT2D eigenvalue weighted by atomic mass is 10.1. The molecular weight excluding hydrogens is 226 g/mol. The van der Waals surface area contributed by atoms with Gasteiger partial charge >= 0.3 is 0 Å². The van der Waals surface area contributed by atoms with Crippen molar-refractivity contribution < 1.29 is 9.47 Å². The van der Waals surface area contributed by atoms with Crippen LogP contribution in [-0.2, 0) is 0 Å². The second kappa shape index (κ2) is 4.42. The van der Waals surface area contributed by atoms with Crippen molar-refractivity contribution in [2.45, 2.75) is 6.10 Å². The minimum atomic E-state index is -0.118. The summed E-state index contributed by atoms with van der Waals surface area (Å²) in [7, 11) is 0. The Morgan fingerprint density at radius 3 is 2.44 bits per heavy atom. The molecule has 0 N–H and O–H groups in total. The maximum Gasteiger partial charge on any atom is 0.162 e. The van der Waals surface area contributed by atoms with Crippen LogP contribution in [-0.4, -0.2) is 6.61 Å². The topological polar surface area (TPSA) is 42.2 Å². The van der Waals surface area contributed by atoms with Crippen molar-refractivity contribution >= 4 is 0 Å². The summed E-state index contributed by atoms with van der Waals surface area (Å²) in [4.78, 5) is 0. The zero-order valence-electron chi connectivity index (χ0n) is 9.67. The highest BCUT2D eigenvalue weighted by Crippen LogP contribution is 2.35. The standard InChI is InChI=1S/C15H11NO2/c16-9-11-5-7-12(8-6-11)15-10-17-13-3-1-2-4-14(13)18-15/h1-8,15H,10H2/t15-/m1/s1. The zero-order chi connectivity index (χ0) is 12.4. The Kier molecular flexibility index (Phi) is 2.62. The van der Waals surface area contributed by atoms with Crippen LogP contribution in [0.2, 0.25) is 0 Å². The van der Waals surface area contributed by atoms with Gasteiger partial charge in [-0.3, -0.25) is 0 Å². The van der Waals surface area contributed by atoms with Gasteiger partial charge in [0.25, 0.3) is 0 Å². The molecule has 0 spiro atoms. The number of hydrogen-bond acceptors (Lipinski definition) is 3. The van der Waals surface area contributed by atoms with E-state index in [-0.39, 0.29) is 6.10 Å². The molecule has 1 aliphatic heterocycles. The Balaban J connectivity index is 1.85. The summed E-state index contributed by atoms with van der Waals surface area (Å²) in [5.41, 5.74) is 1.67. The first kappa shape index (κ1) is 10.7. The second-order valence-electron chi connectivity index (χ2n) is 4.10. The summed E-state index contributed by atoms with van der Waals surface area (Å²) in [6.07, 6.45) is -0.118. The molecule has 2 aromatic rings. The van der Waals surface area contributed by atoms with Gasteiger partial charge < -0.3 is 9.47 Å². The van der Waals surface area contributed by atoms with Crippen LogP contribution in [0.15, 0.2) is 48.5 Å². The molecule has 0 radical (unpaired) electrons. The molecule has 0 aliphatic carbocycles. The molecule has 1 heterocycles. The fourth-order valence-corrected chi connectivity index (χ4v) is 1.96. The normalized spacial score (nSPS) is 16.9. The van der Waals surface area contributed by atoms with Gasteiger partial charge in [0, 0.05) is 0 Å². The van der Waals surface area contributed by atoms with Crippen LogP contribution in [0.25, 0.3) is 0 Å². The molecule has 0 unspecified atom stereocenters. The molecule has 3 rings (SSSR count). The van der Waals surface area contributed by atoms with Gasteiger partial charge in [-0.05, 0) is 29.8 Å². The van der Waals surface area contributed by atoms with Gasteiger partial charge in [-0.15, -0.1) is 0 Å². The van der Waals surface area contributed by atoms with Crippen LogP contribution in [0, 0.1) is 11.3 Å². The molecule has 3 heteroatoms. The first-order chi connectivity index (χ1) is 8.86. The van der Waals surface area contributed by atoms with Gasteiger partial charge in [0.05, 0.1) is 11.6 Å². The lowest BCUT2D eigenvalue weighted by Crippen LogP contribution is -2.21. The molecule has 1 aliphatic rings. The third-order valence-corrected chi connectivity index (χ3v) is 2.92. The number of rotatable bonds is 1. The van der Waals surface area contributed by atoms with E-state index in [2.05, 4.69) is 6.07 Å². The summed E-state index contributed by atoms with van der Waals surface area (Å²) in [6, 6.07) is 17.1. The van der Waals surface area contributed by atoms with Crippen LogP contribution < -0.4 is 9.47 Å². The maximum absolute atomic E-state index is 8.76. The largest absolute Gasteiger partial charge is 0.485 e. The van der Waals surface area contributed by atoms with Gasteiger partial charge in [-0.1, -0.05) is 24.3 Å². The van der Waals surface area contributed by atoms with E-state index in [1.54, 1.807) is 12.1 Å². The van der Waals surface area contributed by atoms with Gasteiger partial charge in [0.2, 0.25) is 0 Å². The molecule has 18 heavy (non-hydrogen) atoms. The Hall–Kier alpha value is -2.47. The van der Waals surface area contributed by atoms with E-state index in [9.17, 15) is 0 Å². The summed E-state index contributed by atoms with van der Waals surface area (Å²) in [6.45, 7) is 0.489. The van der Waals surface area contributed by atoms with Gasteiger partial charge in [-0.25, -0.2) is 0 Å². The molecule has 2 aromatic carbocycles. The third-order valence-electron chi connectivity index (χ3n) is 2.92. The summed E-state index contributed by atoms with van der Waals surface area (Å²) in [5, 5.41) is 8.76. The first-order valence-electron chi connectivity index (χ1n) is 5.75. The van der Waals surface area contributed by atoms with Crippen molar-refractivity contribution in [1.82, 2.24) is 0 Å². The number of nitrogens with zero attached hydrogens (tertiary/aromatic N) is 1. The van der Waals surface area contributed by atoms with Crippen molar-refractivity contribution in [2.24, 2.45) is 0 Å². The fourth-order valence-electron chi connectivity index (χ4n) is 1.96. The Labute approximate surface area is 105 Å². The molecule has 0 saturated carbocycles. The Morgan fingerprint density at radius 1 is 1.00 bits per heavy atom. The summed E-state index contributed by atoms with van der Waals surface area (Å²) in [5.74, 6) is 1.54. The van der Waals surface area contributed by atoms with Crippen molar-refractivity contribution in [3.05, 3.63) is 59.7 Å². The minimum Gasteiger partial charge on any atom is -0.485 e. The van der Waals surface area contributed by atoms with Gasteiger partial charge in [-0.2, -0.15) is 5.26 Å². The molecule has 0 aromatic heterocycles. The van der Waals surface area contributed by atoms with E-state index in [1.165, 1.54) is 0 Å². The minimum absolute atomic E-state index is 0.118. The molecule has 1 atom stereocenters. The van der Waals surface area contributed by atoms with Crippen molar-refractivity contribution in [3.8, 4) is 17.6 Å². The predicted octanol–water partition coefficient (Wildman–Crippen LogP) is 3.07. The second-order valence-corrected chi connectivity index (χ2v) is 4.10. The Bertz CT molecular complexity index is 599. The molecular formula is C15H11NO2. The number of hydrogen-bond donors (Lipinski definition) is 0. The molecule has 0 fully saturated rings. The van der Waals surface area contributed by atoms with E-state index < -0.39 is 0 Å². The number of fused-ring (bicyclic) bond motifs is 1. The van der Waals surface area contributed by atoms with Gasteiger partial charge in [0.1, 0.15) is 6.61 Å². The van der Waals surface area contributed by atoms with Crippen molar-refractivity contribution in [3.63, 3.8) is 0 Å². The highest BCUT2D eigenvalue weighted by Gasteiger charge is 2.21. The van der Waals surface area contributed by atoms with Crippen molar-refractivity contribution in [1.29, 1.82) is 5.26 Å². The number of para-hydroxylation sites is 2.